The van der Waals surface area contributed by atoms with Gasteiger partial charge in [-0.1, -0.05) is 23.7 Å². The fourth-order valence-electron chi connectivity index (χ4n) is 1.60. The number of hydrogen-bond donors (Lipinski definition) is 1. The van der Waals surface area contributed by atoms with E-state index in [0.29, 0.717) is 0 Å². The molecule has 0 saturated heterocycles. The Hall–Kier alpha value is -0.730. The molecule has 1 aromatic rings. The number of halogens is 1. The first-order valence-electron chi connectivity index (χ1n) is 5.22. The van der Waals surface area contributed by atoms with Gasteiger partial charge >= 0.3 is 0 Å². The van der Waals surface area contributed by atoms with Gasteiger partial charge in [0, 0.05) is 0 Å². The van der Waals surface area contributed by atoms with Crippen molar-refractivity contribution >= 4 is 11.6 Å². The Kier molecular flexibility index (Phi) is 4.92. The molecule has 0 heterocycles. The second-order valence-corrected chi connectivity index (χ2v) is 4.01. The first kappa shape index (κ1) is 12.3. The zero-order valence-electron chi connectivity index (χ0n) is 9.35. The summed E-state index contributed by atoms with van der Waals surface area (Å²) in [5, 5.41) is 0.745. The first-order valence-corrected chi connectivity index (χ1v) is 5.60. The molecule has 2 N–H and O–H groups in total. The molecule has 0 spiro atoms. The number of hydrogen-bond acceptors (Lipinski definition) is 2. The van der Waals surface area contributed by atoms with Gasteiger partial charge in [0.15, 0.2) is 0 Å². The van der Waals surface area contributed by atoms with E-state index in [1.165, 1.54) is 0 Å². The van der Waals surface area contributed by atoms with Crippen molar-refractivity contribution in [1.82, 2.24) is 0 Å². The van der Waals surface area contributed by atoms with Crippen molar-refractivity contribution in [3.63, 3.8) is 0 Å². The average molecular weight is 228 g/mol. The minimum absolute atomic E-state index is 0.737. The fourth-order valence-corrected chi connectivity index (χ4v) is 1.98. The number of ether oxygens (including phenoxy) is 1. The Bertz CT molecular complexity index is 326. The van der Waals surface area contributed by atoms with Gasteiger partial charge in [0.05, 0.1) is 12.1 Å². The van der Waals surface area contributed by atoms with Crippen LogP contribution in [-0.4, -0.2) is 13.7 Å². The third-order valence-corrected chi connectivity index (χ3v) is 2.89. The zero-order valence-corrected chi connectivity index (χ0v) is 10.1. The predicted molar refractivity (Wildman–Crippen MR) is 64.7 cm³/mol. The normalized spacial score (nSPS) is 10.4. The summed E-state index contributed by atoms with van der Waals surface area (Å²) in [7, 11) is 1.65. The van der Waals surface area contributed by atoms with Crippen LogP contribution in [-0.2, 0) is 6.42 Å². The van der Waals surface area contributed by atoms with Crippen LogP contribution in [0.15, 0.2) is 12.1 Å². The van der Waals surface area contributed by atoms with Gasteiger partial charge in [0.1, 0.15) is 5.75 Å². The number of aryl methyl sites for hydroxylation is 2. The van der Waals surface area contributed by atoms with Crippen molar-refractivity contribution in [1.29, 1.82) is 0 Å². The van der Waals surface area contributed by atoms with Crippen molar-refractivity contribution in [2.24, 2.45) is 5.73 Å². The highest BCUT2D eigenvalue weighted by atomic mass is 35.5. The summed E-state index contributed by atoms with van der Waals surface area (Å²) in [6.07, 6.45) is 3.07. The summed E-state index contributed by atoms with van der Waals surface area (Å²) in [4.78, 5) is 0. The molecule has 3 heteroatoms. The lowest BCUT2D eigenvalue weighted by molar-refractivity contribution is 0.411. The molecule has 1 rings (SSSR count). The van der Waals surface area contributed by atoms with E-state index in [4.69, 9.17) is 22.1 Å². The van der Waals surface area contributed by atoms with Gasteiger partial charge in [0.2, 0.25) is 0 Å². The molecule has 0 fully saturated rings. The quantitative estimate of drug-likeness (QED) is 0.785. The molecule has 0 atom stereocenters. The van der Waals surface area contributed by atoms with Gasteiger partial charge in [-0.15, -0.1) is 0 Å². The minimum Gasteiger partial charge on any atom is -0.495 e. The van der Waals surface area contributed by atoms with Crippen molar-refractivity contribution in [3.05, 3.63) is 28.3 Å². The Balaban J connectivity index is 2.80. The van der Waals surface area contributed by atoms with Crippen LogP contribution in [0, 0.1) is 6.92 Å². The van der Waals surface area contributed by atoms with E-state index in [-0.39, 0.29) is 0 Å². The van der Waals surface area contributed by atoms with Crippen LogP contribution in [0.25, 0.3) is 0 Å². The standard InChI is InChI=1S/C12H18ClNO/c1-9-6-7-10(5-3-4-8-14)11(13)12(9)15-2/h6-7H,3-5,8,14H2,1-2H3. The van der Waals surface area contributed by atoms with Crippen LogP contribution in [0.1, 0.15) is 24.0 Å². The number of rotatable bonds is 5. The van der Waals surface area contributed by atoms with Crippen LogP contribution in [0.4, 0.5) is 0 Å². The van der Waals surface area contributed by atoms with E-state index in [1.807, 2.05) is 13.0 Å². The van der Waals surface area contributed by atoms with Crippen LogP contribution in [0.3, 0.4) is 0 Å². The zero-order chi connectivity index (χ0) is 11.3. The molecule has 0 radical (unpaired) electrons. The molecule has 0 saturated carbocycles. The summed E-state index contributed by atoms with van der Waals surface area (Å²) in [6, 6.07) is 4.11. The Morgan fingerprint density at radius 3 is 2.67 bits per heavy atom. The lowest BCUT2D eigenvalue weighted by atomic mass is 10.1. The molecule has 0 aliphatic rings. The predicted octanol–water partition coefficient (Wildman–Crippen LogP) is 2.94. The van der Waals surface area contributed by atoms with E-state index >= 15 is 0 Å². The highest BCUT2D eigenvalue weighted by molar-refractivity contribution is 6.33. The SMILES string of the molecule is COc1c(C)ccc(CCCCN)c1Cl. The van der Waals surface area contributed by atoms with E-state index in [2.05, 4.69) is 6.07 Å². The molecule has 0 aliphatic carbocycles. The van der Waals surface area contributed by atoms with Gasteiger partial charge in [-0.3, -0.25) is 0 Å². The van der Waals surface area contributed by atoms with Crippen LogP contribution < -0.4 is 10.5 Å². The molecular weight excluding hydrogens is 210 g/mol. The van der Waals surface area contributed by atoms with Gasteiger partial charge in [-0.25, -0.2) is 0 Å². The maximum Gasteiger partial charge on any atom is 0.140 e. The van der Waals surface area contributed by atoms with E-state index in [9.17, 15) is 0 Å². The lowest BCUT2D eigenvalue weighted by Crippen LogP contribution is -2.00. The number of unbranched alkanes of at least 4 members (excludes halogenated alkanes) is 1. The van der Waals surface area contributed by atoms with Crippen LogP contribution >= 0.6 is 11.6 Å². The second-order valence-electron chi connectivity index (χ2n) is 3.63. The maximum atomic E-state index is 6.24. The van der Waals surface area contributed by atoms with Crippen molar-refractivity contribution in [3.8, 4) is 5.75 Å². The molecule has 15 heavy (non-hydrogen) atoms. The smallest absolute Gasteiger partial charge is 0.140 e. The Labute approximate surface area is 96.4 Å². The molecule has 2 nitrogen and oxygen atoms in total. The second kappa shape index (κ2) is 5.99. The first-order chi connectivity index (χ1) is 7.20. The molecule has 1 aromatic carbocycles. The minimum atomic E-state index is 0.737. The van der Waals surface area contributed by atoms with Gasteiger partial charge in [-0.2, -0.15) is 0 Å². The number of benzene rings is 1. The monoisotopic (exact) mass is 227 g/mol. The molecule has 0 aliphatic heterocycles. The van der Waals surface area contributed by atoms with E-state index in [0.717, 1.165) is 47.7 Å². The van der Waals surface area contributed by atoms with Crippen molar-refractivity contribution in [2.75, 3.05) is 13.7 Å². The Morgan fingerprint density at radius 1 is 1.33 bits per heavy atom. The highest BCUT2D eigenvalue weighted by Gasteiger charge is 2.09. The third-order valence-electron chi connectivity index (χ3n) is 2.48. The van der Waals surface area contributed by atoms with E-state index < -0.39 is 0 Å². The molecular formula is C12H18ClNO. The molecule has 0 bridgehead atoms. The lowest BCUT2D eigenvalue weighted by Gasteiger charge is -2.11. The summed E-state index contributed by atoms with van der Waals surface area (Å²) in [6.45, 7) is 2.73. The molecule has 0 amide bonds. The summed E-state index contributed by atoms with van der Waals surface area (Å²) in [5.74, 6) is 0.793. The van der Waals surface area contributed by atoms with Crippen LogP contribution in [0.5, 0.6) is 5.75 Å². The largest absolute Gasteiger partial charge is 0.495 e. The van der Waals surface area contributed by atoms with Gasteiger partial charge < -0.3 is 10.5 Å². The topological polar surface area (TPSA) is 35.2 Å². The Morgan fingerprint density at radius 2 is 2.07 bits per heavy atom. The fraction of sp³-hybridized carbons (Fsp3) is 0.500. The van der Waals surface area contributed by atoms with Gasteiger partial charge in [0.25, 0.3) is 0 Å². The highest BCUT2D eigenvalue weighted by Crippen LogP contribution is 2.32. The summed E-state index contributed by atoms with van der Waals surface area (Å²) >= 11 is 6.24. The third kappa shape index (κ3) is 3.11. The number of nitrogens with two attached hydrogens (primary N) is 1. The maximum absolute atomic E-state index is 6.24. The average Bonchev–Trinajstić information content (AvgIpc) is 2.22. The van der Waals surface area contributed by atoms with Crippen molar-refractivity contribution < 1.29 is 4.74 Å². The van der Waals surface area contributed by atoms with Crippen molar-refractivity contribution in [2.45, 2.75) is 26.2 Å². The number of methoxy groups -OCH3 is 1. The molecule has 0 aromatic heterocycles. The summed E-state index contributed by atoms with van der Waals surface area (Å²) in [5.41, 5.74) is 7.67. The van der Waals surface area contributed by atoms with E-state index in [1.54, 1.807) is 7.11 Å². The molecule has 0 unspecified atom stereocenters. The van der Waals surface area contributed by atoms with Gasteiger partial charge in [-0.05, 0) is 43.9 Å². The molecule has 84 valence electrons. The van der Waals surface area contributed by atoms with Crippen LogP contribution in [0.2, 0.25) is 5.02 Å². The summed E-state index contributed by atoms with van der Waals surface area (Å²) < 4.78 is 5.27.